The van der Waals surface area contributed by atoms with Gasteiger partial charge in [0.2, 0.25) is 0 Å². The van der Waals surface area contributed by atoms with E-state index in [2.05, 4.69) is 39.3 Å². The van der Waals surface area contributed by atoms with Gasteiger partial charge in [-0.15, -0.1) is 0 Å². The topological polar surface area (TPSA) is 0 Å². The summed E-state index contributed by atoms with van der Waals surface area (Å²) < 4.78 is 0. The molecule has 0 N–H and O–H groups in total. The first kappa shape index (κ1) is 12.7. The Hall–Kier alpha value is 1.03. The molecule has 51 valence electrons. The Labute approximate surface area is 73.4 Å². The standard InChI is InChI=1S/C6H18Si2.Li/c1-7(2)8(3,4,5)6;/h1-6H3;/q-1;+1. The van der Waals surface area contributed by atoms with Gasteiger partial charge in [-0.05, 0) is 0 Å². The molecule has 0 aromatic heterocycles. The van der Waals surface area contributed by atoms with Crippen LogP contribution >= 0.6 is 0 Å². The SMILES string of the molecule is C[Si](C)[Si-](C)(C)(C)C.[Li+]. The van der Waals surface area contributed by atoms with Crippen molar-refractivity contribution in [3.8, 4) is 0 Å². The van der Waals surface area contributed by atoms with Crippen LogP contribution in [0.25, 0.3) is 0 Å². The van der Waals surface area contributed by atoms with Crippen molar-refractivity contribution in [2.75, 3.05) is 0 Å². The van der Waals surface area contributed by atoms with Gasteiger partial charge in [0.05, 0.1) is 0 Å². The smallest absolute Gasteiger partial charge is 1.00 e. The molecule has 0 rings (SSSR count). The van der Waals surface area contributed by atoms with Gasteiger partial charge in [0.1, 0.15) is 0 Å². The molecule has 0 heterocycles. The minimum Gasteiger partial charge on any atom is 1.00 e. The van der Waals surface area contributed by atoms with Crippen LogP contribution < -0.4 is 18.9 Å². The monoisotopic (exact) mass is 153 g/mol. The molecule has 0 aliphatic rings. The van der Waals surface area contributed by atoms with E-state index >= 15 is 0 Å². The van der Waals surface area contributed by atoms with Crippen molar-refractivity contribution < 1.29 is 18.9 Å². The second kappa shape index (κ2) is 2.96. The Morgan fingerprint density at radius 3 is 1.00 bits per heavy atom. The third-order valence-electron chi connectivity index (χ3n) is 2.00. The summed E-state index contributed by atoms with van der Waals surface area (Å²) in [5.74, 6) is 0. The molecule has 0 aliphatic carbocycles. The Balaban J connectivity index is 0. The Morgan fingerprint density at radius 2 is 1.00 bits per heavy atom. The van der Waals surface area contributed by atoms with Crippen LogP contribution in [0.1, 0.15) is 0 Å². The summed E-state index contributed by atoms with van der Waals surface area (Å²) in [6.45, 7) is 13.5. The molecular formula is C6H18LiSi2. The minimum absolute atomic E-state index is 0. The fourth-order valence-corrected chi connectivity index (χ4v) is 0. The van der Waals surface area contributed by atoms with Crippen LogP contribution in [0.5, 0.6) is 0 Å². The molecule has 0 aliphatic heterocycles. The van der Waals surface area contributed by atoms with Gasteiger partial charge in [0.15, 0.2) is 0 Å². The molecule has 0 atom stereocenters. The molecule has 0 saturated carbocycles. The van der Waals surface area contributed by atoms with Gasteiger partial charge < -0.3 is 0 Å². The van der Waals surface area contributed by atoms with Gasteiger partial charge in [-0.2, -0.15) is 0 Å². The molecule has 0 saturated heterocycles. The van der Waals surface area contributed by atoms with Crippen LogP contribution in [0, 0.1) is 0 Å². The molecule has 0 aromatic rings. The van der Waals surface area contributed by atoms with Gasteiger partial charge in [0, 0.05) is 0 Å². The maximum absolute atomic E-state index is 2.48. The predicted octanol–water partition coefficient (Wildman–Crippen LogP) is -0.255. The molecule has 0 fully saturated rings. The molecule has 9 heavy (non-hydrogen) atoms. The summed E-state index contributed by atoms with van der Waals surface area (Å²) in [4.78, 5) is 0. The molecule has 0 bridgehead atoms. The summed E-state index contributed by atoms with van der Waals surface area (Å²) in [6.07, 6.45) is 0. The van der Waals surface area contributed by atoms with E-state index in [-0.39, 0.29) is 27.2 Å². The number of hydrogen-bond donors (Lipinski definition) is 0. The van der Waals surface area contributed by atoms with Crippen LogP contribution in [-0.4, -0.2) is 15.2 Å². The predicted molar refractivity (Wildman–Crippen MR) is 46.7 cm³/mol. The number of rotatable bonds is 1. The molecule has 1 radical (unpaired) electrons. The van der Waals surface area contributed by atoms with Crippen molar-refractivity contribution in [2.24, 2.45) is 0 Å². The summed E-state index contributed by atoms with van der Waals surface area (Å²) in [6, 6.07) is 0. The van der Waals surface area contributed by atoms with Gasteiger partial charge >= 0.3 is 73.3 Å². The van der Waals surface area contributed by atoms with Crippen LogP contribution in [0.2, 0.25) is 39.3 Å². The fraction of sp³-hybridized carbons (Fsp3) is 1.00. The molecule has 0 aromatic carbocycles. The zero-order chi connectivity index (χ0) is 7.02. The fourth-order valence-electron chi connectivity index (χ4n) is 0. The van der Waals surface area contributed by atoms with Crippen molar-refractivity contribution in [2.45, 2.75) is 39.3 Å². The van der Waals surface area contributed by atoms with E-state index in [4.69, 9.17) is 0 Å². The Morgan fingerprint density at radius 1 is 0.889 bits per heavy atom. The molecule has 3 heteroatoms. The van der Waals surface area contributed by atoms with Crippen molar-refractivity contribution >= 4 is 15.2 Å². The maximum atomic E-state index is 2.48. The van der Waals surface area contributed by atoms with Gasteiger partial charge in [-0.1, -0.05) is 0 Å². The first-order chi connectivity index (χ1) is 3.20. The van der Waals surface area contributed by atoms with Gasteiger partial charge in [-0.25, -0.2) is 0 Å². The van der Waals surface area contributed by atoms with Crippen LogP contribution in [0.4, 0.5) is 0 Å². The van der Waals surface area contributed by atoms with E-state index in [1.54, 1.807) is 0 Å². The third-order valence-corrected chi connectivity index (χ3v) is 18.0. The third kappa shape index (κ3) is 5.47. The van der Waals surface area contributed by atoms with Crippen LogP contribution in [0.3, 0.4) is 0 Å². The van der Waals surface area contributed by atoms with Crippen molar-refractivity contribution in [1.29, 1.82) is 0 Å². The largest absolute Gasteiger partial charge is 1.00 e. The normalized spacial score (nSPS) is 16.1. The van der Waals surface area contributed by atoms with Crippen molar-refractivity contribution in [3.63, 3.8) is 0 Å². The molecule has 0 amide bonds. The summed E-state index contributed by atoms with van der Waals surface area (Å²) >= 11 is 0. The average Bonchev–Trinajstić information content (AvgIpc) is 1.27. The first-order valence-corrected chi connectivity index (χ1v) is 11.2. The van der Waals surface area contributed by atoms with E-state index in [1.807, 2.05) is 0 Å². The van der Waals surface area contributed by atoms with Crippen LogP contribution in [-0.2, 0) is 0 Å². The average molecular weight is 153 g/mol. The van der Waals surface area contributed by atoms with E-state index in [1.165, 1.54) is 0 Å². The first-order valence-electron chi connectivity index (χ1n) is 3.25. The Bertz CT molecular complexity index is 81.7. The molecular weight excluding hydrogens is 135 g/mol. The van der Waals surface area contributed by atoms with Crippen LogP contribution in [0.15, 0.2) is 0 Å². The summed E-state index contributed by atoms with van der Waals surface area (Å²) in [5.41, 5.74) is 0. The quantitative estimate of drug-likeness (QED) is 0.456. The zero-order valence-corrected chi connectivity index (χ0v) is 10.0. The number of hydrogen-bond acceptors (Lipinski definition) is 0. The zero-order valence-electron chi connectivity index (χ0n) is 8.00. The van der Waals surface area contributed by atoms with Crippen molar-refractivity contribution in [1.82, 2.24) is 0 Å². The second-order valence-electron chi connectivity index (χ2n) is 5.00. The van der Waals surface area contributed by atoms with E-state index in [0.29, 0.717) is 0 Å². The Kier molecular flexibility index (Phi) is 4.17. The van der Waals surface area contributed by atoms with E-state index in [9.17, 15) is 0 Å². The second-order valence-corrected chi connectivity index (χ2v) is 24.0. The van der Waals surface area contributed by atoms with Gasteiger partial charge in [-0.3, -0.25) is 0 Å². The van der Waals surface area contributed by atoms with Gasteiger partial charge in [0.25, 0.3) is 0 Å². The minimum atomic E-state index is -1.30. The molecule has 0 unspecified atom stereocenters. The maximum Gasteiger partial charge on any atom is 1.00 e. The van der Waals surface area contributed by atoms with E-state index < -0.39 is 6.87 Å². The molecule has 0 spiro atoms. The summed E-state index contributed by atoms with van der Waals surface area (Å²) in [5, 5.41) is 0. The molecule has 0 nitrogen and oxygen atoms in total. The van der Waals surface area contributed by atoms with Crippen molar-refractivity contribution in [3.05, 3.63) is 0 Å². The van der Waals surface area contributed by atoms with E-state index in [0.717, 1.165) is 0 Å². The summed E-state index contributed by atoms with van der Waals surface area (Å²) in [7, 11) is 0.00412.